The fourth-order valence-electron chi connectivity index (χ4n) is 3.02. The van der Waals surface area contributed by atoms with E-state index in [0.717, 1.165) is 48.9 Å². The summed E-state index contributed by atoms with van der Waals surface area (Å²) < 4.78 is 5.85. The molecule has 2 aromatic carbocycles. The molecule has 1 aliphatic heterocycles. The third kappa shape index (κ3) is 3.71. The maximum atomic E-state index is 13.0. The van der Waals surface area contributed by atoms with Gasteiger partial charge in [0, 0.05) is 26.2 Å². The molecule has 0 spiro atoms. The van der Waals surface area contributed by atoms with E-state index in [-0.39, 0.29) is 5.78 Å². The lowest BCUT2D eigenvalue weighted by Crippen LogP contribution is -2.45. The smallest absolute Gasteiger partial charge is 0.181 e. The minimum absolute atomic E-state index is 0.148. The molecule has 3 rings (SSSR count). The van der Waals surface area contributed by atoms with Crippen LogP contribution in [0.2, 0.25) is 0 Å². The number of hydrogen-bond acceptors (Lipinski definition) is 4. The van der Waals surface area contributed by atoms with Crippen LogP contribution in [0.1, 0.15) is 23.7 Å². The van der Waals surface area contributed by atoms with Gasteiger partial charge in [0.15, 0.2) is 5.78 Å². The normalized spacial score (nSPS) is 15.7. The molecule has 0 atom stereocenters. The maximum absolute atomic E-state index is 13.0. The number of ketones is 1. The first-order chi connectivity index (χ1) is 11.3. The van der Waals surface area contributed by atoms with Crippen LogP contribution < -0.4 is 10.1 Å². The number of fused-ring (bicyclic) bond motifs is 1. The summed E-state index contributed by atoms with van der Waals surface area (Å²) in [6.07, 6.45) is 0.929. The molecule has 2 aromatic rings. The first-order valence-electron chi connectivity index (χ1n) is 8.40. The van der Waals surface area contributed by atoms with Crippen LogP contribution in [0.5, 0.6) is 5.75 Å². The van der Waals surface area contributed by atoms with Crippen LogP contribution in [-0.2, 0) is 0 Å². The van der Waals surface area contributed by atoms with Gasteiger partial charge in [-0.25, -0.2) is 0 Å². The monoisotopic (exact) mass is 312 g/mol. The zero-order valence-corrected chi connectivity index (χ0v) is 13.7. The number of carbonyl (C=O) groups excluding carboxylic acids is 1. The molecule has 1 heterocycles. The average Bonchev–Trinajstić information content (AvgIpc) is 2.60. The highest BCUT2D eigenvalue weighted by Crippen LogP contribution is 2.29. The Hall–Kier alpha value is -1.91. The molecule has 1 saturated heterocycles. The van der Waals surface area contributed by atoms with E-state index >= 15 is 0 Å². The van der Waals surface area contributed by atoms with Crippen molar-refractivity contribution in [2.24, 2.45) is 0 Å². The number of hydrogen-bond donors (Lipinski definition) is 1. The zero-order valence-electron chi connectivity index (χ0n) is 13.7. The van der Waals surface area contributed by atoms with Gasteiger partial charge in [0.1, 0.15) is 5.75 Å². The third-order valence-corrected chi connectivity index (χ3v) is 4.21. The molecule has 1 aliphatic rings. The Morgan fingerprint density at radius 2 is 1.96 bits per heavy atom. The van der Waals surface area contributed by atoms with Gasteiger partial charge in [-0.1, -0.05) is 37.3 Å². The molecule has 122 valence electrons. The number of benzene rings is 2. The number of Topliss-reactive ketones (excluding diaryl/α,β-unsaturated/α-hetero) is 1. The molecular weight excluding hydrogens is 288 g/mol. The number of nitrogens with one attached hydrogen (secondary N) is 1. The highest BCUT2D eigenvalue weighted by Gasteiger charge is 2.20. The van der Waals surface area contributed by atoms with E-state index < -0.39 is 0 Å². The van der Waals surface area contributed by atoms with Crippen LogP contribution in [0.3, 0.4) is 0 Å². The van der Waals surface area contributed by atoms with E-state index in [1.807, 2.05) is 36.4 Å². The largest absolute Gasteiger partial charge is 0.493 e. The molecule has 4 nitrogen and oxygen atoms in total. The Balaban J connectivity index is 1.93. The summed E-state index contributed by atoms with van der Waals surface area (Å²) in [4.78, 5) is 15.2. The first kappa shape index (κ1) is 16.0. The minimum Gasteiger partial charge on any atom is -0.493 e. The lowest BCUT2D eigenvalue weighted by atomic mass is 9.99. The van der Waals surface area contributed by atoms with Crippen molar-refractivity contribution < 1.29 is 9.53 Å². The van der Waals surface area contributed by atoms with Crippen molar-refractivity contribution in [2.45, 2.75) is 13.3 Å². The Morgan fingerprint density at radius 3 is 2.74 bits per heavy atom. The molecule has 1 fully saturated rings. The summed E-state index contributed by atoms with van der Waals surface area (Å²) in [6.45, 7) is 6.89. The van der Waals surface area contributed by atoms with Crippen LogP contribution >= 0.6 is 0 Å². The molecule has 4 heteroatoms. The van der Waals surface area contributed by atoms with Gasteiger partial charge in [0.05, 0.1) is 18.7 Å². The summed E-state index contributed by atoms with van der Waals surface area (Å²) in [5, 5.41) is 5.39. The Morgan fingerprint density at radius 1 is 1.17 bits per heavy atom. The summed E-state index contributed by atoms with van der Waals surface area (Å²) in [5.41, 5.74) is 0.732. The summed E-state index contributed by atoms with van der Waals surface area (Å²) in [5.74, 6) is 0.862. The predicted molar refractivity (Wildman–Crippen MR) is 93.4 cm³/mol. The average molecular weight is 312 g/mol. The fourth-order valence-corrected chi connectivity index (χ4v) is 3.02. The number of rotatable bonds is 6. The number of piperazine rings is 1. The van der Waals surface area contributed by atoms with Crippen molar-refractivity contribution in [3.63, 3.8) is 0 Å². The van der Waals surface area contributed by atoms with Crippen molar-refractivity contribution in [3.05, 3.63) is 42.0 Å². The molecular formula is C19H24N2O2. The number of nitrogens with zero attached hydrogens (tertiary/aromatic N) is 1. The molecule has 0 saturated carbocycles. The van der Waals surface area contributed by atoms with Crippen molar-refractivity contribution in [2.75, 3.05) is 39.3 Å². The standard InChI is InChI=1S/C19H24N2O2/c1-2-13-23-18-8-7-15-5-3-4-6-16(15)19(18)17(22)14-21-11-9-20-10-12-21/h3-8,20H,2,9-14H2,1H3. The topological polar surface area (TPSA) is 41.6 Å². The fraction of sp³-hybridized carbons (Fsp3) is 0.421. The number of ether oxygens (including phenoxy) is 1. The second-order valence-corrected chi connectivity index (χ2v) is 5.96. The molecule has 0 unspecified atom stereocenters. The second-order valence-electron chi connectivity index (χ2n) is 5.96. The summed E-state index contributed by atoms with van der Waals surface area (Å²) in [6, 6.07) is 12.0. The predicted octanol–water partition coefficient (Wildman–Crippen LogP) is 2.72. The highest BCUT2D eigenvalue weighted by atomic mass is 16.5. The molecule has 0 bridgehead atoms. The van der Waals surface area contributed by atoms with Gasteiger partial charge in [-0.05, 0) is 23.3 Å². The Kier molecular flexibility index (Phi) is 5.26. The lowest BCUT2D eigenvalue weighted by molar-refractivity contribution is 0.0919. The molecule has 0 aliphatic carbocycles. The lowest BCUT2D eigenvalue weighted by Gasteiger charge is -2.26. The summed E-state index contributed by atoms with van der Waals surface area (Å²) in [7, 11) is 0. The van der Waals surface area contributed by atoms with E-state index in [9.17, 15) is 4.79 Å². The summed E-state index contributed by atoms with van der Waals surface area (Å²) >= 11 is 0. The van der Waals surface area contributed by atoms with Crippen molar-refractivity contribution in [1.29, 1.82) is 0 Å². The van der Waals surface area contributed by atoms with E-state index in [1.165, 1.54) is 0 Å². The van der Waals surface area contributed by atoms with Gasteiger partial charge in [-0.2, -0.15) is 0 Å². The highest BCUT2D eigenvalue weighted by molar-refractivity contribution is 6.11. The van der Waals surface area contributed by atoms with Crippen LogP contribution in [-0.4, -0.2) is 50.0 Å². The first-order valence-corrected chi connectivity index (χ1v) is 8.40. The maximum Gasteiger partial charge on any atom is 0.181 e. The SMILES string of the molecule is CCCOc1ccc2ccccc2c1C(=O)CN1CCNCC1. The van der Waals surface area contributed by atoms with Gasteiger partial charge < -0.3 is 10.1 Å². The van der Waals surface area contributed by atoms with E-state index in [4.69, 9.17) is 4.74 Å². The van der Waals surface area contributed by atoms with Crippen LogP contribution in [0.4, 0.5) is 0 Å². The van der Waals surface area contributed by atoms with Crippen LogP contribution in [0.15, 0.2) is 36.4 Å². The van der Waals surface area contributed by atoms with Gasteiger partial charge in [0.25, 0.3) is 0 Å². The van der Waals surface area contributed by atoms with E-state index in [0.29, 0.717) is 18.9 Å². The molecule has 0 aromatic heterocycles. The zero-order chi connectivity index (χ0) is 16.1. The van der Waals surface area contributed by atoms with Crippen molar-refractivity contribution in [1.82, 2.24) is 10.2 Å². The second kappa shape index (κ2) is 7.57. The van der Waals surface area contributed by atoms with Crippen molar-refractivity contribution >= 4 is 16.6 Å². The van der Waals surface area contributed by atoms with Gasteiger partial charge in [-0.3, -0.25) is 9.69 Å². The van der Waals surface area contributed by atoms with Crippen molar-refractivity contribution in [3.8, 4) is 5.75 Å². The molecule has 0 radical (unpaired) electrons. The van der Waals surface area contributed by atoms with Crippen LogP contribution in [0, 0.1) is 0 Å². The van der Waals surface area contributed by atoms with Crippen LogP contribution in [0.25, 0.3) is 10.8 Å². The Labute approximate surface area is 137 Å². The molecule has 23 heavy (non-hydrogen) atoms. The van der Waals surface area contributed by atoms with Gasteiger partial charge in [0.2, 0.25) is 0 Å². The minimum atomic E-state index is 0.148. The van der Waals surface area contributed by atoms with Gasteiger partial charge >= 0.3 is 0 Å². The Bertz CT molecular complexity index is 678. The van der Waals surface area contributed by atoms with E-state index in [2.05, 4.69) is 17.1 Å². The van der Waals surface area contributed by atoms with E-state index in [1.54, 1.807) is 0 Å². The quantitative estimate of drug-likeness (QED) is 0.833. The number of carbonyl (C=O) groups is 1. The third-order valence-electron chi connectivity index (χ3n) is 4.21. The molecule has 0 amide bonds. The van der Waals surface area contributed by atoms with Gasteiger partial charge in [-0.15, -0.1) is 0 Å². The molecule has 1 N–H and O–H groups in total.